The second kappa shape index (κ2) is 11.9. The molecule has 1 atom stereocenters. The number of carbonyl (C=O) groups excluding carboxylic acids is 1. The molecule has 0 aliphatic rings. The fourth-order valence-corrected chi connectivity index (χ4v) is 3.08. The molecule has 6 heteroatoms. The minimum absolute atomic E-state index is 0.0729. The molecule has 176 valence electrons. The van der Waals surface area contributed by atoms with Crippen LogP contribution in [0.1, 0.15) is 98.8 Å². The van der Waals surface area contributed by atoms with Crippen LogP contribution in [0.3, 0.4) is 0 Å². The third-order valence-electron chi connectivity index (χ3n) is 4.81. The minimum atomic E-state index is -2.87. The van der Waals surface area contributed by atoms with E-state index < -0.39 is 19.6 Å². The lowest BCUT2D eigenvalue weighted by atomic mass is 9.78. The molecule has 5 nitrogen and oxygen atoms in total. The van der Waals surface area contributed by atoms with Crippen molar-refractivity contribution in [2.45, 2.75) is 98.5 Å². The Morgan fingerprint density at radius 3 is 1.87 bits per heavy atom. The van der Waals surface area contributed by atoms with E-state index in [1.807, 2.05) is 6.07 Å². The maximum atomic E-state index is 12.4. The van der Waals surface area contributed by atoms with Crippen LogP contribution in [-0.4, -0.2) is 23.4 Å². The van der Waals surface area contributed by atoms with Crippen LogP contribution in [0.5, 0.6) is 5.75 Å². The molecule has 31 heavy (non-hydrogen) atoms. The normalized spacial score (nSPS) is 13.0. The van der Waals surface area contributed by atoms with Crippen LogP contribution in [-0.2, 0) is 24.7 Å². The zero-order valence-electron chi connectivity index (χ0n) is 21.3. The van der Waals surface area contributed by atoms with Gasteiger partial charge in [-0.15, -0.1) is 9.42 Å². The van der Waals surface area contributed by atoms with Gasteiger partial charge >= 0.3 is 8.25 Å². The van der Waals surface area contributed by atoms with Crippen LogP contribution in [0.2, 0.25) is 0 Å². The van der Waals surface area contributed by atoms with Crippen molar-refractivity contribution >= 4 is 20.1 Å². The Morgan fingerprint density at radius 2 is 1.52 bits per heavy atom. The van der Waals surface area contributed by atoms with E-state index in [4.69, 9.17) is 14.2 Å². The van der Waals surface area contributed by atoms with Crippen LogP contribution in [0.15, 0.2) is 18.2 Å². The molecule has 1 aromatic carbocycles. The average molecular weight is 454 g/mol. The topological polar surface area (TPSA) is 72.8 Å². The van der Waals surface area contributed by atoms with Gasteiger partial charge in [0, 0.05) is 15.7 Å². The summed E-state index contributed by atoms with van der Waals surface area (Å²) in [6.45, 7) is 20.0. The van der Waals surface area contributed by atoms with Gasteiger partial charge in [0.05, 0.1) is 7.11 Å². The summed E-state index contributed by atoms with van der Waals surface area (Å²) in [5.74, 6) is 0.312. The zero-order chi connectivity index (χ0) is 24.6. The number of unbranched alkanes of at least 4 members (excludes halogenated alkanes) is 1. The predicted molar refractivity (Wildman–Crippen MR) is 130 cm³/mol. The molecular weight excluding hydrogens is 411 g/mol. The van der Waals surface area contributed by atoms with E-state index in [1.54, 1.807) is 13.2 Å². The molecule has 0 bridgehead atoms. The van der Waals surface area contributed by atoms with Crippen molar-refractivity contribution in [3.8, 4) is 5.75 Å². The molecule has 0 amide bonds. The molecule has 0 spiro atoms. The number of hydrogen-bond acceptors (Lipinski definition) is 4. The molecule has 0 heterocycles. The largest absolute Gasteiger partial charge is 0.695 e. The van der Waals surface area contributed by atoms with Gasteiger partial charge in [-0.05, 0) is 48.5 Å². The third-order valence-corrected chi connectivity index (χ3v) is 5.42. The molecule has 0 fully saturated rings. The van der Waals surface area contributed by atoms with Crippen molar-refractivity contribution in [3.63, 3.8) is 0 Å². The van der Waals surface area contributed by atoms with Crippen molar-refractivity contribution in [1.29, 1.82) is 0 Å². The van der Waals surface area contributed by atoms with Gasteiger partial charge in [0.2, 0.25) is 0 Å². The number of methoxy groups -OCH3 is 1. The summed E-state index contributed by atoms with van der Waals surface area (Å²) in [5.41, 5.74) is 1.37. The second-order valence-corrected chi connectivity index (χ2v) is 10.8. The number of benzene rings is 1. The average Bonchev–Trinajstić information content (AvgIpc) is 2.62. The maximum Gasteiger partial charge on any atom is 0.695 e. The summed E-state index contributed by atoms with van der Waals surface area (Å²) in [6, 6.07) is 4.17. The molecule has 0 aliphatic carbocycles. The number of ether oxygens (including phenoxy) is 1. The summed E-state index contributed by atoms with van der Waals surface area (Å²) in [6.07, 6.45) is 5.69. The highest BCUT2D eigenvalue weighted by Gasteiger charge is 2.36. The van der Waals surface area contributed by atoms with Crippen molar-refractivity contribution in [1.82, 2.24) is 0 Å². The van der Waals surface area contributed by atoms with E-state index in [2.05, 4.69) is 61.5 Å². The van der Waals surface area contributed by atoms with Crippen LogP contribution in [0.4, 0.5) is 0 Å². The standard InChI is InChI=1S/C21H31O5P.C4H10/c1-19(2,3)15-12-14(18(25-9)16(13-15)20(4,5)6)10-11-17(22)21(7,8)26-27(23)24;1-3-4-2/h10-13H,1-9H3;3-4H2,1-2H3/p+1/b11-10+;. The van der Waals surface area contributed by atoms with E-state index in [9.17, 15) is 9.36 Å². The molecule has 0 radical (unpaired) electrons. The van der Waals surface area contributed by atoms with Gasteiger partial charge in [0.25, 0.3) is 0 Å². The fourth-order valence-electron chi connectivity index (χ4n) is 2.60. The lowest BCUT2D eigenvalue weighted by Gasteiger charge is -2.28. The Morgan fingerprint density at radius 1 is 1.00 bits per heavy atom. The summed E-state index contributed by atoms with van der Waals surface area (Å²) < 4.78 is 21.4. The first-order valence-corrected chi connectivity index (χ1v) is 11.9. The summed E-state index contributed by atoms with van der Waals surface area (Å²) in [4.78, 5) is 21.4. The van der Waals surface area contributed by atoms with Gasteiger partial charge < -0.3 is 4.74 Å². The van der Waals surface area contributed by atoms with E-state index in [1.165, 1.54) is 32.8 Å². The molecule has 1 rings (SSSR count). The highest BCUT2D eigenvalue weighted by Crippen LogP contribution is 2.39. The zero-order valence-corrected chi connectivity index (χ0v) is 22.1. The van der Waals surface area contributed by atoms with E-state index in [0.717, 1.165) is 16.7 Å². The lowest BCUT2D eigenvalue weighted by molar-refractivity contribution is -0.126. The first kappa shape index (κ1) is 29.5. The monoisotopic (exact) mass is 453 g/mol. The molecule has 0 saturated heterocycles. The Labute approximate surface area is 190 Å². The Kier molecular flexibility index (Phi) is 11.3. The van der Waals surface area contributed by atoms with Crippen LogP contribution in [0.25, 0.3) is 6.08 Å². The quantitative estimate of drug-likeness (QED) is 0.351. The summed E-state index contributed by atoms with van der Waals surface area (Å²) in [7, 11) is -1.25. The van der Waals surface area contributed by atoms with Crippen LogP contribution in [0, 0.1) is 0 Å². The van der Waals surface area contributed by atoms with Crippen LogP contribution >= 0.6 is 8.25 Å². The molecule has 1 aromatic rings. The number of ketones is 1. The van der Waals surface area contributed by atoms with Crippen molar-refractivity contribution in [2.75, 3.05) is 7.11 Å². The molecule has 1 unspecified atom stereocenters. The Balaban J connectivity index is 0.00000206. The van der Waals surface area contributed by atoms with Crippen LogP contribution < -0.4 is 4.74 Å². The van der Waals surface area contributed by atoms with E-state index in [-0.39, 0.29) is 10.8 Å². The predicted octanol–water partition coefficient (Wildman–Crippen LogP) is 7.12. The van der Waals surface area contributed by atoms with Crippen molar-refractivity contribution < 1.29 is 23.5 Å². The van der Waals surface area contributed by atoms with E-state index >= 15 is 0 Å². The number of carbonyl (C=O) groups is 1. The van der Waals surface area contributed by atoms with Crippen molar-refractivity contribution in [2.24, 2.45) is 0 Å². The summed E-state index contributed by atoms with van der Waals surface area (Å²) >= 11 is 0. The Bertz CT molecular complexity index is 778. The lowest BCUT2D eigenvalue weighted by Crippen LogP contribution is -2.31. The van der Waals surface area contributed by atoms with Gasteiger partial charge in [-0.2, -0.15) is 0 Å². The van der Waals surface area contributed by atoms with Gasteiger partial charge in [0.1, 0.15) is 5.75 Å². The number of rotatable bonds is 7. The fraction of sp³-hybridized carbons (Fsp3) is 0.640. The van der Waals surface area contributed by atoms with Gasteiger partial charge in [-0.1, -0.05) is 74.3 Å². The number of hydrogen-bond donors (Lipinski definition) is 1. The highest BCUT2D eigenvalue weighted by atomic mass is 31.1. The van der Waals surface area contributed by atoms with E-state index in [0.29, 0.717) is 5.75 Å². The van der Waals surface area contributed by atoms with Crippen molar-refractivity contribution in [3.05, 3.63) is 34.9 Å². The second-order valence-electron chi connectivity index (χ2n) is 10.2. The van der Waals surface area contributed by atoms with Gasteiger partial charge in [-0.25, -0.2) is 0 Å². The molecule has 0 saturated carbocycles. The molecule has 1 N–H and O–H groups in total. The first-order valence-electron chi connectivity index (χ1n) is 10.8. The third kappa shape index (κ3) is 9.64. The smallest absolute Gasteiger partial charge is 0.496 e. The Hall–Kier alpha value is -1.55. The first-order chi connectivity index (χ1) is 14.0. The highest BCUT2D eigenvalue weighted by molar-refractivity contribution is 7.32. The van der Waals surface area contributed by atoms with Gasteiger partial charge in [-0.3, -0.25) is 4.79 Å². The SMILES string of the molecule is CCCC.COc1c(/C=C/C(=O)C(C)(C)O[P+](=O)O)cc(C(C)(C)C)cc1C(C)(C)C. The summed E-state index contributed by atoms with van der Waals surface area (Å²) in [5, 5.41) is 0. The van der Waals surface area contributed by atoms with Gasteiger partial charge in [0.15, 0.2) is 11.4 Å². The minimum Gasteiger partial charge on any atom is -0.496 e. The molecule has 0 aliphatic heterocycles. The molecule has 0 aromatic heterocycles. The molecular formula is C25H42O5P+. The maximum absolute atomic E-state index is 12.4.